The second-order valence-corrected chi connectivity index (χ2v) is 6.91. The first-order valence-corrected chi connectivity index (χ1v) is 8.95. The van der Waals surface area contributed by atoms with Gasteiger partial charge < -0.3 is 9.84 Å². The monoisotopic (exact) mass is 366 g/mol. The molecule has 1 saturated carbocycles. The van der Waals surface area contributed by atoms with Gasteiger partial charge in [-0.05, 0) is 24.0 Å². The van der Waals surface area contributed by atoms with Crippen molar-refractivity contribution >= 4 is 17.7 Å². The topological polar surface area (TPSA) is 80.7 Å². The molecule has 4 atom stereocenters. The van der Waals surface area contributed by atoms with Gasteiger partial charge in [-0.25, -0.2) is 0 Å². The molecule has 0 heterocycles. The average Bonchev–Trinajstić information content (AvgIpc) is 2.95. The molecule has 0 aliphatic heterocycles. The van der Waals surface area contributed by atoms with Crippen LogP contribution in [0.2, 0.25) is 0 Å². The Hall–Kier alpha value is -2.95. The Balaban J connectivity index is 1.96. The van der Waals surface area contributed by atoms with Crippen molar-refractivity contribution in [2.75, 3.05) is 7.11 Å². The fourth-order valence-corrected chi connectivity index (χ4v) is 4.09. The first kappa shape index (κ1) is 18.8. The van der Waals surface area contributed by atoms with Crippen LogP contribution in [0.25, 0.3) is 0 Å². The minimum Gasteiger partial charge on any atom is -0.481 e. The summed E-state index contributed by atoms with van der Waals surface area (Å²) in [6, 6.07) is 18.6. The zero-order valence-electron chi connectivity index (χ0n) is 15.1. The summed E-state index contributed by atoms with van der Waals surface area (Å²) in [6.07, 6.45) is 0.629. The molecule has 0 aromatic heterocycles. The summed E-state index contributed by atoms with van der Waals surface area (Å²) in [5.74, 6) is -5.45. The van der Waals surface area contributed by atoms with E-state index in [-0.39, 0.29) is 5.78 Å². The highest BCUT2D eigenvalue weighted by Gasteiger charge is 2.56. The van der Waals surface area contributed by atoms with Crippen LogP contribution in [0.1, 0.15) is 11.1 Å². The number of rotatable bonds is 6. The van der Waals surface area contributed by atoms with Gasteiger partial charge in [0.05, 0.1) is 18.9 Å². The highest BCUT2D eigenvalue weighted by atomic mass is 16.5. The number of esters is 1. The minimum atomic E-state index is -1.13. The number of ether oxygens (including phenoxy) is 1. The van der Waals surface area contributed by atoms with Crippen LogP contribution < -0.4 is 0 Å². The number of hydrogen-bond donors (Lipinski definition) is 1. The van der Waals surface area contributed by atoms with E-state index in [1.165, 1.54) is 7.11 Å². The molecule has 2 aromatic rings. The molecule has 5 nitrogen and oxygen atoms in total. The molecule has 1 aliphatic rings. The molecule has 3 rings (SSSR count). The number of carboxylic acid groups (broad SMARTS) is 1. The average molecular weight is 366 g/mol. The number of aliphatic carboxylic acids is 1. The zero-order chi connectivity index (χ0) is 19.4. The Morgan fingerprint density at radius 2 is 1.30 bits per heavy atom. The van der Waals surface area contributed by atoms with Crippen LogP contribution in [0.5, 0.6) is 0 Å². The number of benzene rings is 2. The molecule has 2 unspecified atom stereocenters. The van der Waals surface area contributed by atoms with Crippen LogP contribution in [0, 0.1) is 23.7 Å². The molecule has 1 fully saturated rings. The number of hydrogen-bond acceptors (Lipinski definition) is 4. The predicted octanol–water partition coefficient (Wildman–Crippen LogP) is 2.78. The van der Waals surface area contributed by atoms with Crippen LogP contribution in [0.4, 0.5) is 0 Å². The standard InChI is InChI=1S/C22H22O5/c1-27-22(26)19-17(13-15-10-6-3-7-11-15)20(23)16(18(19)21(24)25)12-14-8-4-2-5-9-14/h2-11,16-19H,12-13H2,1H3,(H,24,25)/t16?,17?,18-,19+/m0/s1. The molecule has 1 N–H and O–H groups in total. The lowest BCUT2D eigenvalue weighted by Crippen LogP contribution is -2.33. The first-order valence-electron chi connectivity index (χ1n) is 8.95. The summed E-state index contributed by atoms with van der Waals surface area (Å²) >= 11 is 0. The summed E-state index contributed by atoms with van der Waals surface area (Å²) in [4.78, 5) is 37.6. The molecule has 0 saturated heterocycles. The van der Waals surface area contributed by atoms with Crippen molar-refractivity contribution in [3.05, 3.63) is 71.8 Å². The second kappa shape index (κ2) is 8.16. The third kappa shape index (κ3) is 3.92. The van der Waals surface area contributed by atoms with Gasteiger partial charge in [0.25, 0.3) is 0 Å². The van der Waals surface area contributed by atoms with Gasteiger partial charge in [-0.15, -0.1) is 0 Å². The van der Waals surface area contributed by atoms with E-state index in [0.717, 1.165) is 11.1 Å². The van der Waals surface area contributed by atoms with Crippen LogP contribution in [-0.2, 0) is 32.0 Å². The maximum absolute atomic E-state index is 13.2. The SMILES string of the molecule is COC(=O)[C@@H]1C(Cc2ccccc2)C(=O)C(Cc2ccccc2)[C@@H]1C(=O)O. The Kier molecular flexibility index (Phi) is 5.69. The maximum atomic E-state index is 13.2. The molecular formula is C22H22O5. The normalized spacial score (nSPS) is 24.6. The number of methoxy groups -OCH3 is 1. The van der Waals surface area contributed by atoms with E-state index >= 15 is 0 Å². The van der Waals surface area contributed by atoms with E-state index in [1.807, 2.05) is 60.7 Å². The first-order chi connectivity index (χ1) is 13.0. The van der Waals surface area contributed by atoms with E-state index in [9.17, 15) is 19.5 Å². The summed E-state index contributed by atoms with van der Waals surface area (Å²) < 4.78 is 4.87. The van der Waals surface area contributed by atoms with E-state index in [1.54, 1.807) is 0 Å². The van der Waals surface area contributed by atoms with Crippen molar-refractivity contribution < 1.29 is 24.2 Å². The number of ketones is 1. The van der Waals surface area contributed by atoms with E-state index in [4.69, 9.17) is 4.74 Å². The highest BCUT2D eigenvalue weighted by Crippen LogP contribution is 2.43. The molecule has 0 bridgehead atoms. The van der Waals surface area contributed by atoms with Gasteiger partial charge in [-0.1, -0.05) is 60.7 Å². The lowest BCUT2D eigenvalue weighted by atomic mass is 9.83. The van der Waals surface area contributed by atoms with Crippen LogP contribution in [0.15, 0.2) is 60.7 Å². The predicted molar refractivity (Wildman–Crippen MR) is 98.9 cm³/mol. The number of Topliss-reactive ketones (excluding diaryl/α,β-unsaturated/α-hetero) is 1. The van der Waals surface area contributed by atoms with Crippen molar-refractivity contribution in [1.29, 1.82) is 0 Å². The molecule has 2 aromatic carbocycles. The quantitative estimate of drug-likeness (QED) is 0.795. The van der Waals surface area contributed by atoms with Crippen molar-refractivity contribution in [1.82, 2.24) is 0 Å². The smallest absolute Gasteiger partial charge is 0.310 e. The largest absolute Gasteiger partial charge is 0.481 e. The molecule has 0 spiro atoms. The Morgan fingerprint density at radius 1 is 0.852 bits per heavy atom. The molecule has 1 aliphatic carbocycles. The lowest BCUT2D eigenvalue weighted by Gasteiger charge is -2.20. The fraction of sp³-hybridized carbons (Fsp3) is 0.318. The summed E-state index contributed by atoms with van der Waals surface area (Å²) in [5.41, 5.74) is 1.78. The van der Waals surface area contributed by atoms with E-state index in [2.05, 4.69) is 0 Å². The summed E-state index contributed by atoms with van der Waals surface area (Å²) in [7, 11) is 1.23. The van der Waals surface area contributed by atoms with E-state index in [0.29, 0.717) is 12.8 Å². The van der Waals surface area contributed by atoms with Gasteiger partial charge in [0, 0.05) is 11.8 Å². The van der Waals surface area contributed by atoms with Crippen molar-refractivity contribution in [2.45, 2.75) is 12.8 Å². The summed E-state index contributed by atoms with van der Waals surface area (Å²) in [6.45, 7) is 0. The van der Waals surface area contributed by atoms with Crippen LogP contribution >= 0.6 is 0 Å². The summed E-state index contributed by atoms with van der Waals surface area (Å²) in [5, 5.41) is 9.82. The fourth-order valence-electron chi connectivity index (χ4n) is 4.09. The third-order valence-electron chi connectivity index (χ3n) is 5.34. The molecule has 0 amide bonds. The van der Waals surface area contributed by atoms with Gasteiger partial charge in [0.2, 0.25) is 0 Å². The molecule has 5 heteroatoms. The third-order valence-corrected chi connectivity index (χ3v) is 5.34. The molecular weight excluding hydrogens is 344 g/mol. The van der Waals surface area contributed by atoms with Crippen molar-refractivity contribution in [3.63, 3.8) is 0 Å². The maximum Gasteiger partial charge on any atom is 0.310 e. The van der Waals surface area contributed by atoms with Gasteiger partial charge in [-0.3, -0.25) is 14.4 Å². The number of carbonyl (C=O) groups excluding carboxylic acids is 2. The second-order valence-electron chi connectivity index (χ2n) is 6.91. The van der Waals surface area contributed by atoms with Crippen molar-refractivity contribution in [3.8, 4) is 0 Å². The van der Waals surface area contributed by atoms with Gasteiger partial charge >= 0.3 is 11.9 Å². The van der Waals surface area contributed by atoms with Crippen molar-refractivity contribution in [2.24, 2.45) is 23.7 Å². The van der Waals surface area contributed by atoms with Crippen LogP contribution in [0.3, 0.4) is 0 Å². The molecule has 0 radical (unpaired) electrons. The van der Waals surface area contributed by atoms with Gasteiger partial charge in [0.15, 0.2) is 0 Å². The van der Waals surface area contributed by atoms with E-state index < -0.39 is 35.6 Å². The molecule has 27 heavy (non-hydrogen) atoms. The number of carboxylic acids is 1. The zero-order valence-corrected chi connectivity index (χ0v) is 15.1. The molecule has 140 valence electrons. The van der Waals surface area contributed by atoms with Crippen LogP contribution in [-0.4, -0.2) is 29.9 Å². The minimum absolute atomic E-state index is 0.175. The Bertz CT molecular complexity index is 815. The number of carbonyl (C=O) groups is 3. The highest BCUT2D eigenvalue weighted by molar-refractivity contribution is 5.98. The van der Waals surface area contributed by atoms with Gasteiger partial charge in [0.1, 0.15) is 5.78 Å². The lowest BCUT2D eigenvalue weighted by molar-refractivity contribution is -0.156. The Labute approximate surface area is 158 Å². The van der Waals surface area contributed by atoms with Gasteiger partial charge in [-0.2, -0.15) is 0 Å². The Morgan fingerprint density at radius 3 is 1.70 bits per heavy atom.